The third-order valence-corrected chi connectivity index (χ3v) is 3.66. The van der Waals surface area contributed by atoms with Gasteiger partial charge in [0.2, 0.25) is 0 Å². The van der Waals surface area contributed by atoms with Crippen molar-refractivity contribution in [3.05, 3.63) is 71.8 Å². The van der Waals surface area contributed by atoms with E-state index in [1.54, 1.807) is 0 Å². The van der Waals surface area contributed by atoms with E-state index in [1.165, 1.54) is 0 Å². The molecule has 1 aromatic heterocycles. The minimum Gasteiger partial charge on any atom is -0.346 e. The van der Waals surface area contributed by atoms with Crippen LogP contribution in [-0.4, -0.2) is 10.9 Å². The number of carbonyl (C=O) groups is 1. The number of benzene rings is 2. The van der Waals surface area contributed by atoms with E-state index in [0.717, 1.165) is 16.5 Å². The second-order valence-corrected chi connectivity index (χ2v) is 5.04. The first-order chi connectivity index (χ1) is 10.3. The van der Waals surface area contributed by atoms with Gasteiger partial charge in [-0.3, -0.25) is 4.79 Å². The number of para-hydroxylation sites is 1. The smallest absolute Gasteiger partial charge is 0.256 e. The summed E-state index contributed by atoms with van der Waals surface area (Å²) in [7, 11) is 0. The monoisotopic (exact) mass is 275 g/mol. The summed E-state index contributed by atoms with van der Waals surface area (Å²) in [5.74, 6) is 0.530. The van der Waals surface area contributed by atoms with E-state index in [0.29, 0.717) is 11.4 Å². The third kappa shape index (κ3) is 2.01. The quantitative estimate of drug-likeness (QED) is 0.717. The number of pyridine rings is 1. The Kier molecular flexibility index (Phi) is 2.60. The molecule has 0 aliphatic carbocycles. The number of rotatable bonds is 1. The van der Waals surface area contributed by atoms with Gasteiger partial charge < -0.3 is 10.6 Å². The lowest BCUT2D eigenvalue weighted by atomic mass is 10.1. The van der Waals surface area contributed by atoms with Crippen LogP contribution in [0.15, 0.2) is 60.7 Å². The summed E-state index contributed by atoms with van der Waals surface area (Å²) in [4.78, 5) is 16.9. The Morgan fingerprint density at radius 3 is 2.52 bits per heavy atom. The number of nitrogens with one attached hydrogen (secondary N) is 2. The fourth-order valence-corrected chi connectivity index (χ4v) is 2.59. The van der Waals surface area contributed by atoms with Gasteiger partial charge in [0, 0.05) is 5.39 Å². The van der Waals surface area contributed by atoms with Gasteiger partial charge in [-0.15, -0.1) is 0 Å². The zero-order chi connectivity index (χ0) is 14.2. The summed E-state index contributed by atoms with van der Waals surface area (Å²) >= 11 is 0. The predicted octanol–water partition coefficient (Wildman–Crippen LogP) is 3.09. The molecule has 0 spiro atoms. The van der Waals surface area contributed by atoms with E-state index in [1.807, 2.05) is 60.7 Å². The molecule has 4 heteroatoms. The van der Waals surface area contributed by atoms with Gasteiger partial charge in [0.05, 0.1) is 11.1 Å². The van der Waals surface area contributed by atoms with Crippen molar-refractivity contribution in [1.29, 1.82) is 0 Å². The van der Waals surface area contributed by atoms with Gasteiger partial charge in [-0.05, 0) is 17.7 Å². The van der Waals surface area contributed by atoms with Gasteiger partial charge in [0.25, 0.3) is 5.91 Å². The maximum atomic E-state index is 12.3. The number of amides is 1. The van der Waals surface area contributed by atoms with E-state index < -0.39 is 0 Å². The molecule has 4 rings (SSSR count). The minimum atomic E-state index is -0.250. The Hall–Kier alpha value is -2.88. The zero-order valence-corrected chi connectivity index (χ0v) is 11.2. The lowest BCUT2D eigenvalue weighted by Gasteiger charge is -2.27. The molecule has 1 aliphatic rings. The second kappa shape index (κ2) is 4.59. The Morgan fingerprint density at radius 1 is 0.905 bits per heavy atom. The van der Waals surface area contributed by atoms with Gasteiger partial charge in [0.1, 0.15) is 12.0 Å². The molecule has 0 saturated heterocycles. The van der Waals surface area contributed by atoms with Crippen LogP contribution in [0.2, 0.25) is 0 Å². The first-order valence-corrected chi connectivity index (χ1v) is 6.83. The Labute approximate surface area is 121 Å². The van der Waals surface area contributed by atoms with Crippen molar-refractivity contribution >= 4 is 22.6 Å². The summed E-state index contributed by atoms with van der Waals surface area (Å²) in [5.41, 5.74) is 2.47. The van der Waals surface area contributed by atoms with Crippen LogP contribution in [-0.2, 0) is 0 Å². The Bertz CT molecular complexity index is 830. The van der Waals surface area contributed by atoms with Crippen LogP contribution in [0.5, 0.6) is 0 Å². The van der Waals surface area contributed by atoms with Crippen LogP contribution < -0.4 is 10.6 Å². The molecule has 1 amide bonds. The molecule has 4 nitrogen and oxygen atoms in total. The zero-order valence-electron chi connectivity index (χ0n) is 11.2. The lowest BCUT2D eigenvalue weighted by Crippen LogP contribution is -2.38. The van der Waals surface area contributed by atoms with Crippen molar-refractivity contribution in [2.24, 2.45) is 0 Å². The summed E-state index contributed by atoms with van der Waals surface area (Å²) < 4.78 is 0. The molecule has 1 unspecified atom stereocenters. The molecule has 0 bridgehead atoms. The Balaban J connectivity index is 1.80. The maximum Gasteiger partial charge on any atom is 0.256 e. The van der Waals surface area contributed by atoms with Crippen molar-refractivity contribution < 1.29 is 4.79 Å². The first kappa shape index (κ1) is 11.9. The summed E-state index contributed by atoms with van der Waals surface area (Å²) in [6, 6.07) is 19.5. The van der Waals surface area contributed by atoms with Gasteiger partial charge in [-0.25, -0.2) is 4.98 Å². The molecule has 21 heavy (non-hydrogen) atoms. The minimum absolute atomic E-state index is 0.101. The van der Waals surface area contributed by atoms with Crippen LogP contribution in [0.4, 0.5) is 5.82 Å². The molecular weight excluding hydrogens is 262 g/mol. The van der Waals surface area contributed by atoms with Crippen LogP contribution >= 0.6 is 0 Å². The molecule has 0 radical (unpaired) electrons. The number of carbonyl (C=O) groups excluding carboxylic acids is 1. The molecule has 0 saturated carbocycles. The van der Waals surface area contributed by atoms with Crippen LogP contribution in [0, 0.1) is 0 Å². The lowest BCUT2D eigenvalue weighted by molar-refractivity contribution is 0.0935. The number of fused-ring (bicyclic) bond motifs is 2. The predicted molar refractivity (Wildman–Crippen MR) is 82.0 cm³/mol. The summed E-state index contributed by atoms with van der Waals surface area (Å²) in [5, 5.41) is 7.22. The molecule has 2 aromatic carbocycles. The standard InChI is InChI=1S/C17H13N3O/c21-17-13-10-12-8-4-5-9-14(12)18-16(13)19-15(20-17)11-6-2-1-3-7-11/h1-10,15H,(H,18,19)(H,20,21). The van der Waals surface area contributed by atoms with E-state index in [-0.39, 0.29) is 12.1 Å². The van der Waals surface area contributed by atoms with Crippen LogP contribution in [0.1, 0.15) is 22.1 Å². The van der Waals surface area contributed by atoms with Gasteiger partial charge >= 0.3 is 0 Å². The van der Waals surface area contributed by atoms with Crippen LogP contribution in [0.3, 0.4) is 0 Å². The van der Waals surface area contributed by atoms with E-state index in [9.17, 15) is 4.79 Å². The molecular formula is C17H13N3O. The first-order valence-electron chi connectivity index (χ1n) is 6.83. The van der Waals surface area contributed by atoms with Crippen LogP contribution in [0.25, 0.3) is 10.9 Å². The maximum absolute atomic E-state index is 12.3. The number of anilines is 1. The van der Waals surface area contributed by atoms with Crippen molar-refractivity contribution in [3.8, 4) is 0 Å². The summed E-state index contributed by atoms with van der Waals surface area (Å²) in [6.07, 6.45) is -0.250. The second-order valence-electron chi connectivity index (χ2n) is 5.04. The number of hydrogen-bond donors (Lipinski definition) is 2. The van der Waals surface area contributed by atoms with Crippen molar-refractivity contribution in [1.82, 2.24) is 10.3 Å². The molecule has 102 valence electrons. The van der Waals surface area contributed by atoms with Gasteiger partial charge in [0.15, 0.2) is 0 Å². The highest BCUT2D eigenvalue weighted by Gasteiger charge is 2.25. The molecule has 2 N–H and O–H groups in total. The van der Waals surface area contributed by atoms with Gasteiger partial charge in [-0.2, -0.15) is 0 Å². The largest absolute Gasteiger partial charge is 0.346 e. The number of hydrogen-bond acceptors (Lipinski definition) is 3. The normalized spacial score (nSPS) is 17.0. The third-order valence-electron chi connectivity index (χ3n) is 3.66. The topological polar surface area (TPSA) is 54.0 Å². The van der Waals surface area contributed by atoms with E-state index in [2.05, 4.69) is 15.6 Å². The van der Waals surface area contributed by atoms with Crippen molar-refractivity contribution in [2.75, 3.05) is 5.32 Å². The van der Waals surface area contributed by atoms with E-state index in [4.69, 9.17) is 0 Å². The number of nitrogens with zero attached hydrogens (tertiary/aromatic N) is 1. The molecule has 1 aliphatic heterocycles. The van der Waals surface area contributed by atoms with Crippen molar-refractivity contribution in [3.63, 3.8) is 0 Å². The molecule has 1 atom stereocenters. The summed E-state index contributed by atoms with van der Waals surface area (Å²) in [6.45, 7) is 0. The fraction of sp³-hybridized carbons (Fsp3) is 0.0588. The molecule has 3 aromatic rings. The average molecular weight is 275 g/mol. The Morgan fingerprint density at radius 2 is 1.67 bits per heavy atom. The highest BCUT2D eigenvalue weighted by atomic mass is 16.2. The highest BCUT2D eigenvalue weighted by molar-refractivity contribution is 6.04. The fourth-order valence-electron chi connectivity index (χ4n) is 2.59. The molecule has 2 heterocycles. The number of aromatic nitrogens is 1. The highest BCUT2D eigenvalue weighted by Crippen LogP contribution is 2.27. The molecule has 0 fully saturated rings. The van der Waals surface area contributed by atoms with E-state index >= 15 is 0 Å². The van der Waals surface area contributed by atoms with Crippen molar-refractivity contribution in [2.45, 2.75) is 6.17 Å². The SMILES string of the molecule is O=C1NC(c2ccccc2)Nc2nc3ccccc3cc21. The average Bonchev–Trinajstić information content (AvgIpc) is 2.54. The van der Waals surface area contributed by atoms with Gasteiger partial charge in [-0.1, -0.05) is 48.5 Å².